The third kappa shape index (κ3) is 3.09. The van der Waals surface area contributed by atoms with Gasteiger partial charge in [0.25, 0.3) is 5.84 Å². The fraction of sp³-hybridized carbons (Fsp3) is 0. The van der Waals surface area contributed by atoms with Crippen LogP contribution in [0.1, 0.15) is 5.56 Å². The second-order valence-electron chi connectivity index (χ2n) is 5.84. The van der Waals surface area contributed by atoms with Crippen LogP contribution >= 0.6 is 22.9 Å². The molecule has 0 N–H and O–H groups in total. The molecule has 1 aliphatic rings. The fourth-order valence-corrected chi connectivity index (χ4v) is 3.92. The van der Waals surface area contributed by atoms with Gasteiger partial charge in [-0.3, -0.25) is 0 Å². The Balaban J connectivity index is 0.00000225. The van der Waals surface area contributed by atoms with Gasteiger partial charge in [0.2, 0.25) is 5.03 Å². The molecule has 3 aromatic carbocycles. The monoisotopic (exact) mass is 507 g/mol. The van der Waals surface area contributed by atoms with E-state index in [1.807, 2.05) is 114 Å². The second kappa shape index (κ2) is 8.13. The lowest BCUT2D eigenvalue weighted by atomic mass is 10.1. The zero-order chi connectivity index (χ0) is 18.9. The third-order valence-corrected chi connectivity index (χ3v) is 4.94. The summed E-state index contributed by atoms with van der Waals surface area (Å²) in [5.74, 6) is 0.541. The van der Waals surface area contributed by atoms with Crippen molar-refractivity contribution in [1.82, 2.24) is 13.2 Å². The Kier molecular flexibility index (Phi) is 5.82. The quantitative estimate of drug-likeness (QED) is 0.177. The first-order valence-corrected chi connectivity index (χ1v) is 9.18. The van der Waals surface area contributed by atoms with Gasteiger partial charge >= 0.3 is 0 Å². The van der Waals surface area contributed by atoms with Crippen molar-refractivity contribution in [2.45, 2.75) is 0 Å². The molecule has 3 aromatic rings. The number of benzene rings is 3. The minimum atomic E-state index is -0.439. The molecule has 4 rings (SSSR count). The van der Waals surface area contributed by atoms with Gasteiger partial charge in [-0.15, -0.1) is 0 Å². The Hall–Kier alpha value is -2.69. The number of quaternary nitrogens is 1. The average Bonchev–Trinajstić information content (AvgIpc) is 3.04. The third-order valence-electron chi connectivity index (χ3n) is 4.34. The maximum Gasteiger partial charge on any atom is 0.296 e. The molecule has 9 heteroatoms. The lowest BCUT2D eigenvalue weighted by Gasteiger charge is -2.32. The molecule has 0 unspecified atom stereocenters. The zero-order valence-electron chi connectivity index (χ0n) is 14.5. The van der Waals surface area contributed by atoms with Gasteiger partial charge in [0.05, 0.1) is 5.56 Å². The molecule has 0 aromatic heterocycles. The van der Waals surface area contributed by atoms with E-state index in [0.717, 1.165) is 10.8 Å². The van der Waals surface area contributed by atoms with Crippen molar-refractivity contribution in [3.63, 3.8) is 0 Å². The van der Waals surface area contributed by atoms with Crippen molar-refractivity contribution in [1.29, 1.82) is 0 Å². The molecule has 0 saturated carbocycles. The van der Waals surface area contributed by atoms with Gasteiger partial charge in [0.15, 0.2) is 16.6 Å². The van der Waals surface area contributed by atoms with E-state index < -0.39 is 5.03 Å². The molecular weight excluding hydrogens is 493 g/mol. The molecule has 142 valence electrons. The van der Waals surface area contributed by atoms with Crippen LogP contribution in [0.15, 0.2) is 96.1 Å². The standard InChI is InChI=1S/C19H15IN5O2.ClH/c20-22-21-19(16-10-4-1-5-11-16)25(23(22)24(26)27,17-12-6-2-7-13-17)18-14-8-3-9-15-18;/h1-15H;1H/q+1;/p-1. The highest BCUT2D eigenvalue weighted by atomic mass is 127. The Morgan fingerprint density at radius 1 is 0.821 bits per heavy atom. The fourth-order valence-electron chi connectivity index (χ4n) is 3.27. The molecule has 7 nitrogen and oxygen atoms in total. The first-order chi connectivity index (χ1) is 13.2. The summed E-state index contributed by atoms with van der Waals surface area (Å²) < 4.78 is 0.974. The van der Waals surface area contributed by atoms with Gasteiger partial charge < -0.3 is 12.4 Å². The summed E-state index contributed by atoms with van der Waals surface area (Å²) in [6.45, 7) is 0. The Morgan fingerprint density at radius 3 is 1.68 bits per heavy atom. The predicted octanol–water partition coefficient (Wildman–Crippen LogP) is 1.68. The van der Waals surface area contributed by atoms with Crippen LogP contribution in [0.2, 0.25) is 0 Å². The van der Waals surface area contributed by atoms with Crippen LogP contribution in [-0.2, 0) is 0 Å². The summed E-state index contributed by atoms with van der Waals surface area (Å²) >= 11 is 1.84. The number of hydrazine groups is 2. The SMILES string of the molecule is O=[N+]([O-])N1N(I)N=C(c2ccccc2)[N+]1(c1ccccc1)c1ccccc1.[Cl-]. The van der Waals surface area contributed by atoms with Gasteiger partial charge in [-0.2, -0.15) is 0 Å². The number of para-hydroxylation sites is 2. The van der Waals surface area contributed by atoms with Crippen molar-refractivity contribution < 1.29 is 17.4 Å². The lowest BCUT2D eigenvalue weighted by molar-refractivity contribution is -0.712. The van der Waals surface area contributed by atoms with E-state index in [9.17, 15) is 10.1 Å². The van der Waals surface area contributed by atoms with Gasteiger partial charge in [-0.1, -0.05) is 59.7 Å². The Morgan fingerprint density at radius 2 is 1.25 bits per heavy atom. The van der Waals surface area contributed by atoms with Crippen LogP contribution in [0.25, 0.3) is 0 Å². The van der Waals surface area contributed by atoms with Crippen molar-refractivity contribution in [3.8, 4) is 0 Å². The van der Waals surface area contributed by atoms with Crippen LogP contribution in [0, 0.1) is 10.1 Å². The van der Waals surface area contributed by atoms with Crippen LogP contribution in [0.3, 0.4) is 0 Å². The highest BCUT2D eigenvalue weighted by molar-refractivity contribution is 14.1. The molecule has 0 amide bonds. The van der Waals surface area contributed by atoms with Crippen molar-refractivity contribution >= 4 is 40.1 Å². The molecule has 0 spiro atoms. The number of hydrazone groups is 1. The molecule has 1 aliphatic heterocycles. The molecule has 0 atom stereocenters. The second-order valence-corrected chi connectivity index (χ2v) is 6.71. The molecule has 0 radical (unpaired) electrons. The Labute approximate surface area is 182 Å². The maximum atomic E-state index is 12.1. The number of hydrogen-bond acceptors (Lipinski definition) is 4. The molecule has 0 saturated heterocycles. The van der Waals surface area contributed by atoms with E-state index in [0.29, 0.717) is 17.2 Å². The summed E-state index contributed by atoms with van der Waals surface area (Å²) in [4.78, 5) is 12.1. The van der Waals surface area contributed by atoms with E-state index in [2.05, 4.69) is 5.10 Å². The highest BCUT2D eigenvalue weighted by Gasteiger charge is 2.61. The minimum Gasteiger partial charge on any atom is -1.00 e. The number of halogens is 2. The maximum absolute atomic E-state index is 12.1. The number of amidine groups is 1. The summed E-state index contributed by atoms with van der Waals surface area (Å²) in [5, 5.41) is 17.3. The Bertz CT molecular complexity index is 949. The van der Waals surface area contributed by atoms with Crippen molar-refractivity contribution in [2.24, 2.45) is 5.10 Å². The van der Waals surface area contributed by atoms with Gasteiger partial charge in [0.1, 0.15) is 22.9 Å². The number of nitrogens with zero attached hydrogens (tertiary/aromatic N) is 5. The first-order valence-electron chi connectivity index (χ1n) is 8.21. The van der Waals surface area contributed by atoms with Crippen molar-refractivity contribution in [2.75, 3.05) is 0 Å². The van der Waals surface area contributed by atoms with Crippen LogP contribution in [0.5, 0.6) is 0 Å². The van der Waals surface area contributed by atoms with E-state index in [-0.39, 0.29) is 17.0 Å². The lowest BCUT2D eigenvalue weighted by Crippen LogP contribution is -3.00. The van der Waals surface area contributed by atoms with Crippen LogP contribution in [0.4, 0.5) is 11.4 Å². The molecule has 28 heavy (non-hydrogen) atoms. The zero-order valence-corrected chi connectivity index (χ0v) is 17.4. The average molecular weight is 508 g/mol. The molecular formula is C19H15ClIN5O2. The topological polar surface area (TPSA) is 62.0 Å². The first kappa shape index (κ1) is 20.1. The summed E-state index contributed by atoms with van der Waals surface area (Å²) in [6, 6.07) is 28.3. The number of rotatable bonds is 4. The van der Waals surface area contributed by atoms with Crippen molar-refractivity contribution in [3.05, 3.63) is 107 Å². The molecule has 0 bridgehead atoms. The smallest absolute Gasteiger partial charge is 0.296 e. The van der Waals surface area contributed by atoms with E-state index in [1.54, 1.807) is 0 Å². The van der Waals surface area contributed by atoms with Crippen LogP contribution < -0.4 is 17.0 Å². The number of hydrogen-bond donors (Lipinski definition) is 0. The molecule has 0 fully saturated rings. The highest BCUT2D eigenvalue weighted by Crippen LogP contribution is 2.44. The van der Waals surface area contributed by atoms with Gasteiger partial charge in [-0.05, 0) is 20.1 Å². The predicted molar refractivity (Wildman–Crippen MR) is 112 cm³/mol. The normalized spacial score (nSPS) is 15.0. The van der Waals surface area contributed by atoms with Gasteiger partial charge in [-0.25, -0.2) is 10.1 Å². The summed E-state index contributed by atoms with van der Waals surface area (Å²) in [5.41, 5.74) is 2.22. The van der Waals surface area contributed by atoms with Crippen LogP contribution in [-0.4, -0.2) is 19.4 Å². The van der Waals surface area contributed by atoms with E-state index in [1.165, 1.54) is 3.33 Å². The minimum absolute atomic E-state index is 0. The molecule has 0 aliphatic carbocycles. The van der Waals surface area contributed by atoms with E-state index >= 15 is 0 Å². The number of nitro groups is 1. The molecule has 1 heterocycles. The largest absolute Gasteiger partial charge is 1.00 e. The summed E-state index contributed by atoms with van der Waals surface area (Å²) in [6.07, 6.45) is 0. The van der Waals surface area contributed by atoms with Gasteiger partial charge in [0, 0.05) is 24.3 Å². The summed E-state index contributed by atoms with van der Waals surface area (Å²) in [7, 11) is 0. The van der Waals surface area contributed by atoms with E-state index in [4.69, 9.17) is 0 Å².